The van der Waals surface area contributed by atoms with Crippen molar-refractivity contribution in [1.29, 1.82) is 10.7 Å². The molecule has 0 saturated heterocycles. The lowest BCUT2D eigenvalue weighted by atomic mass is 10.1. The van der Waals surface area contributed by atoms with Crippen molar-refractivity contribution in [2.24, 2.45) is 0 Å². The van der Waals surface area contributed by atoms with Crippen molar-refractivity contribution in [3.8, 4) is 6.07 Å². The highest BCUT2D eigenvalue weighted by molar-refractivity contribution is 8.13. The van der Waals surface area contributed by atoms with E-state index in [1.807, 2.05) is 12.1 Å². The van der Waals surface area contributed by atoms with Gasteiger partial charge in [-0.05, 0) is 51.1 Å². The van der Waals surface area contributed by atoms with E-state index in [9.17, 15) is 4.79 Å². The van der Waals surface area contributed by atoms with Crippen molar-refractivity contribution in [2.75, 3.05) is 6.26 Å². The second-order valence-electron chi connectivity index (χ2n) is 5.78. The third-order valence-corrected chi connectivity index (χ3v) is 3.47. The molecule has 22 heavy (non-hydrogen) atoms. The Morgan fingerprint density at radius 2 is 2.00 bits per heavy atom. The van der Waals surface area contributed by atoms with E-state index in [1.54, 1.807) is 39.2 Å². The standard InChI is InChI=1S/C16H21N3O2S/c1-16(2,3)21-15(20)19-13(14(18)22-4)9-11-5-7-12(10-17)8-6-11/h5-8,13,18H,9H2,1-4H3,(H,19,20)/t13-/m1/s1. The largest absolute Gasteiger partial charge is 0.444 e. The molecule has 1 rings (SSSR count). The van der Waals surface area contributed by atoms with Crippen LogP contribution in [0.15, 0.2) is 24.3 Å². The number of nitrogens with zero attached hydrogens (tertiary/aromatic N) is 1. The van der Waals surface area contributed by atoms with Gasteiger partial charge in [0.25, 0.3) is 0 Å². The maximum absolute atomic E-state index is 11.9. The second-order valence-corrected chi connectivity index (χ2v) is 6.63. The van der Waals surface area contributed by atoms with Gasteiger partial charge in [-0.3, -0.25) is 5.41 Å². The molecule has 0 unspecified atom stereocenters. The van der Waals surface area contributed by atoms with Gasteiger partial charge in [-0.25, -0.2) is 4.79 Å². The first-order valence-corrected chi connectivity index (χ1v) is 8.08. The van der Waals surface area contributed by atoms with Gasteiger partial charge in [-0.1, -0.05) is 12.1 Å². The van der Waals surface area contributed by atoms with Gasteiger partial charge in [-0.15, -0.1) is 11.8 Å². The van der Waals surface area contributed by atoms with E-state index < -0.39 is 17.7 Å². The highest BCUT2D eigenvalue weighted by Crippen LogP contribution is 2.12. The van der Waals surface area contributed by atoms with Crippen LogP contribution in [0.3, 0.4) is 0 Å². The molecule has 0 aromatic heterocycles. The minimum absolute atomic E-state index is 0.357. The number of benzene rings is 1. The molecular weight excluding hydrogens is 298 g/mol. The summed E-state index contributed by atoms with van der Waals surface area (Å²) in [5, 5.41) is 19.9. The maximum Gasteiger partial charge on any atom is 0.408 e. The zero-order valence-corrected chi connectivity index (χ0v) is 14.1. The Bertz CT molecular complexity index is 571. The normalized spacial score (nSPS) is 12.1. The van der Waals surface area contributed by atoms with Crippen LogP contribution in [-0.4, -0.2) is 29.0 Å². The Labute approximate surface area is 135 Å². The molecule has 1 atom stereocenters. The van der Waals surface area contributed by atoms with E-state index in [2.05, 4.69) is 11.4 Å². The maximum atomic E-state index is 11.9. The topological polar surface area (TPSA) is 86.0 Å². The number of nitrogens with one attached hydrogen (secondary N) is 2. The van der Waals surface area contributed by atoms with Crippen LogP contribution in [0.4, 0.5) is 4.79 Å². The van der Waals surface area contributed by atoms with E-state index >= 15 is 0 Å². The summed E-state index contributed by atoms with van der Waals surface area (Å²) in [4.78, 5) is 11.9. The Hall–Kier alpha value is -2.00. The zero-order chi connectivity index (χ0) is 16.8. The summed E-state index contributed by atoms with van der Waals surface area (Å²) in [6.45, 7) is 5.38. The summed E-state index contributed by atoms with van der Waals surface area (Å²) in [7, 11) is 0. The average Bonchev–Trinajstić information content (AvgIpc) is 2.44. The fourth-order valence-electron chi connectivity index (χ4n) is 1.75. The molecule has 1 aromatic carbocycles. The van der Waals surface area contributed by atoms with Gasteiger partial charge in [0, 0.05) is 0 Å². The van der Waals surface area contributed by atoms with E-state index in [0.717, 1.165) is 5.56 Å². The lowest BCUT2D eigenvalue weighted by Gasteiger charge is -2.23. The third kappa shape index (κ3) is 6.19. The van der Waals surface area contributed by atoms with Crippen LogP contribution in [0.1, 0.15) is 31.9 Å². The number of nitriles is 1. The van der Waals surface area contributed by atoms with Crippen LogP contribution in [0.5, 0.6) is 0 Å². The number of alkyl carbamates (subject to hydrolysis) is 1. The van der Waals surface area contributed by atoms with Gasteiger partial charge in [0.2, 0.25) is 0 Å². The van der Waals surface area contributed by atoms with Crippen molar-refractivity contribution in [3.63, 3.8) is 0 Å². The summed E-state index contributed by atoms with van der Waals surface area (Å²) in [5.74, 6) is 0. The number of rotatable bonds is 4. The molecule has 2 N–H and O–H groups in total. The van der Waals surface area contributed by atoms with Crippen molar-refractivity contribution >= 4 is 22.9 Å². The summed E-state index contributed by atoms with van der Waals surface area (Å²) >= 11 is 1.28. The van der Waals surface area contributed by atoms with Crippen molar-refractivity contribution in [2.45, 2.75) is 38.8 Å². The number of carbonyl (C=O) groups is 1. The quantitative estimate of drug-likeness (QED) is 0.658. The van der Waals surface area contributed by atoms with Crippen LogP contribution in [-0.2, 0) is 11.2 Å². The molecule has 0 spiro atoms. The van der Waals surface area contributed by atoms with Gasteiger partial charge < -0.3 is 10.1 Å². The van der Waals surface area contributed by atoms with Crippen LogP contribution >= 0.6 is 11.8 Å². The van der Waals surface area contributed by atoms with Gasteiger partial charge >= 0.3 is 6.09 Å². The molecular formula is C16H21N3O2S. The van der Waals surface area contributed by atoms with E-state index in [4.69, 9.17) is 15.4 Å². The Morgan fingerprint density at radius 3 is 2.45 bits per heavy atom. The Kier molecular flexibility index (Phi) is 6.44. The first kappa shape index (κ1) is 18.1. The number of hydrogen-bond acceptors (Lipinski definition) is 5. The summed E-state index contributed by atoms with van der Waals surface area (Å²) in [5.41, 5.74) is 0.948. The molecule has 0 radical (unpaired) electrons. The van der Waals surface area contributed by atoms with Crippen molar-refractivity contribution in [3.05, 3.63) is 35.4 Å². The smallest absolute Gasteiger partial charge is 0.408 e. The van der Waals surface area contributed by atoms with Gasteiger partial charge in [0.1, 0.15) is 5.60 Å². The molecule has 6 heteroatoms. The molecule has 1 amide bonds. The summed E-state index contributed by atoms with van der Waals surface area (Å²) in [6, 6.07) is 8.72. The van der Waals surface area contributed by atoms with Crippen molar-refractivity contribution in [1.82, 2.24) is 5.32 Å². The molecule has 0 fully saturated rings. The molecule has 0 bridgehead atoms. The summed E-state index contributed by atoms with van der Waals surface area (Å²) in [6.07, 6.45) is 1.74. The summed E-state index contributed by atoms with van der Waals surface area (Å²) < 4.78 is 5.24. The predicted octanol–water partition coefficient (Wildman–Crippen LogP) is 3.33. The minimum atomic E-state index is -0.579. The van der Waals surface area contributed by atoms with E-state index in [1.165, 1.54) is 11.8 Å². The Balaban J connectivity index is 2.78. The fourth-order valence-corrected chi connectivity index (χ4v) is 2.18. The van der Waals surface area contributed by atoms with Crippen LogP contribution in [0, 0.1) is 16.7 Å². The molecule has 118 valence electrons. The van der Waals surface area contributed by atoms with Crippen LogP contribution in [0.25, 0.3) is 0 Å². The van der Waals surface area contributed by atoms with E-state index in [-0.39, 0.29) is 0 Å². The molecule has 5 nitrogen and oxygen atoms in total. The number of amides is 1. The number of carbonyl (C=O) groups excluding carboxylic acids is 1. The lowest BCUT2D eigenvalue weighted by Crippen LogP contribution is -2.43. The fraction of sp³-hybridized carbons (Fsp3) is 0.438. The predicted molar refractivity (Wildman–Crippen MR) is 89.3 cm³/mol. The molecule has 0 aliphatic carbocycles. The first-order valence-electron chi connectivity index (χ1n) is 6.86. The van der Waals surface area contributed by atoms with Gasteiger partial charge in [0.05, 0.1) is 22.7 Å². The first-order chi connectivity index (χ1) is 10.2. The van der Waals surface area contributed by atoms with Crippen LogP contribution < -0.4 is 5.32 Å². The Morgan fingerprint density at radius 1 is 1.41 bits per heavy atom. The van der Waals surface area contributed by atoms with Gasteiger partial charge in [-0.2, -0.15) is 5.26 Å². The highest BCUT2D eigenvalue weighted by Gasteiger charge is 2.22. The molecule has 0 aliphatic rings. The number of ether oxygens (including phenoxy) is 1. The average molecular weight is 319 g/mol. The number of hydrogen-bond donors (Lipinski definition) is 2. The minimum Gasteiger partial charge on any atom is -0.444 e. The number of thioether (sulfide) groups is 1. The van der Waals surface area contributed by atoms with Crippen LogP contribution in [0.2, 0.25) is 0 Å². The third-order valence-electron chi connectivity index (χ3n) is 2.75. The molecule has 0 aliphatic heterocycles. The van der Waals surface area contributed by atoms with Gasteiger partial charge in [0.15, 0.2) is 0 Å². The molecule has 1 aromatic rings. The van der Waals surface area contributed by atoms with Crippen molar-refractivity contribution < 1.29 is 9.53 Å². The second kappa shape index (κ2) is 7.85. The SMILES string of the molecule is CSC(=N)[C@@H](Cc1ccc(C#N)cc1)NC(=O)OC(C)(C)C. The monoisotopic (exact) mass is 319 g/mol. The molecule has 0 saturated carbocycles. The zero-order valence-electron chi connectivity index (χ0n) is 13.3. The lowest BCUT2D eigenvalue weighted by molar-refractivity contribution is 0.0518. The van der Waals surface area contributed by atoms with E-state index in [0.29, 0.717) is 17.0 Å². The highest BCUT2D eigenvalue weighted by atomic mass is 32.2. The molecule has 0 heterocycles.